The summed E-state index contributed by atoms with van der Waals surface area (Å²) in [6.45, 7) is 3.84. The molecule has 4 nitrogen and oxygen atoms in total. The molecule has 1 saturated heterocycles. The molecule has 3 aromatic rings. The molecule has 2 aliphatic rings. The van der Waals surface area contributed by atoms with Gasteiger partial charge in [-0.05, 0) is 59.0 Å². The van der Waals surface area contributed by atoms with E-state index in [-0.39, 0.29) is 0 Å². The molecule has 3 aromatic carbocycles. The zero-order chi connectivity index (χ0) is 20.7. The molecule has 0 amide bonds. The van der Waals surface area contributed by atoms with E-state index in [9.17, 15) is 9.90 Å². The zero-order valence-corrected chi connectivity index (χ0v) is 17.3. The number of rotatable bonds is 4. The molecule has 0 aliphatic carbocycles. The summed E-state index contributed by atoms with van der Waals surface area (Å²) >= 11 is 6.07. The number of anilines is 1. The fourth-order valence-corrected chi connectivity index (χ4v) is 4.91. The van der Waals surface area contributed by atoms with Gasteiger partial charge in [0, 0.05) is 42.9 Å². The summed E-state index contributed by atoms with van der Waals surface area (Å²) in [4.78, 5) is 16.3. The minimum absolute atomic E-state index is 0.377. The van der Waals surface area contributed by atoms with Gasteiger partial charge in [0.2, 0.25) is 0 Å². The predicted octanol–water partition coefficient (Wildman–Crippen LogP) is 4.95. The molecule has 0 saturated carbocycles. The van der Waals surface area contributed by atoms with Crippen molar-refractivity contribution in [3.63, 3.8) is 0 Å². The van der Waals surface area contributed by atoms with Crippen molar-refractivity contribution in [2.45, 2.75) is 19.0 Å². The van der Waals surface area contributed by atoms with Gasteiger partial charge in [-0.2, -0.15) is 0 Å². The number of carboxylic acids is 1. The summed E-state index contributed by atoms with van der Waals surface area (Å²) in [6, 6.07) is 22.5. The summed E-state index contributed by atoms with van der Waals surface area (Å²) in [5, 5.41) is 10.0. The van der Waals surface area contributed by atoms with Gasteiger partial charge in [-0.15, -0.1) is 0 Å². The largest absolute Gasteiger partial charge is 0.478 e. The Labute approximate surface area is 181 Å². The van der Waals surface area contributed by atoms with Crippen LogP contribution >= 0.6 is 11.6 Å². The maximum Gasteiger partial charge on any atom is 0.335 e. The van der Waals surface area contributed by atoms with E-state index >= 15 is 0 Å². The molecule has 5 heteroatoms. The standard InChI is InChI=1S/C25H23ClN2O2/c26-21-8-5-17(6-9-21)23-4-2-1-3-19(23)15-27-11-12-28-22(16-27)14-20-13-18(25(29)30)7-10-24(20)28/h1-10,13,22H,11-12,14-16H2,(H,29,30)/t22-/m1/s1. The van der Waals surface area contributed by atoms with E-state index in [0.29, 0.717) is 11.6 Å². The van der Waals surface area contributed by atoms with Gasteiger partial charge in [0.25, 0.3) is 0 Å². The van der Waals surface area contributed by atoms with Crippen LogP contribution in [0.25, 0.3) is 11.1 Å². The van der Waals surface area contributed by atoms with Crippen LogP contribution in [0.4, 0.5) is 5.69 Å². The average molecular weight is 419 g/mol. The number of carboxylic acid groups (broad SMARTS) is 1. The van der Waals surface area contributed by atoms with Gasteiger partial charge in [0.1, 0.15) is 0 Å². The fourth-order valence-electron chi connectivity index (χ4n) is 4.78. The number of nitrogens with zero attached hydrogens (tertiary/aromatic N) is 2. The lowest BCUT2D eigenvalue weighted by Gasteiger charge is -2.39. The first-order chi connectivity index (χ1) is 14.6. The van der Waals surface area contributed by atoms with Crippen molar-refractivity contribution in [2.75, 3.05) is 24.5 Å². The maximum atomic E-state index is 11.3. The Kier molecular flexibility index (Phi) is 4.97. The second-order valence-electron chi connectivity index (χ2n) is 8.10. The van der Waals surface area contributed by atoms with Crippen LogP contribution in [-0.2, 0) is 13.0 Å². The van der Waals surface area contributed by atoms with Crippen LogP contribution in [0.1, 0.15) is 21.5 Å². The van der Waals surface area contributed by atoms with Crippen molar-refractivity contribution < 1.29 is 9.90 Å². The molecule has 1 fully saturated rings. The lowest BCUT2D eigenvalue weighted by atomic mass is 9.99. The van der Waals surface area contributed by atoms with E-state index in [2.05, 4.69) is 46.2 Å². The summed E-state index contributed by atoms with van der Waals surface area (Å²) in [5.74, 6) is -0.858. The van der Waals surface area contributed by atoms with E-state index in [1.807, 2.05) is 24.3 Å². The second-order valence-corrected chi connectivity index (χ2v) is 8.54. The first kappa shape index (κ1) is 19.2. The number of hydrogen-bond donors (Lipinski definition) is 1. The number of aromatic carboxylic acids is 1. The van der Waals surface area contributed by atoms with Crippen molar-refractivity contribution in [3.05, 3.63) is 88.4 Å². The Hall–Kier alpha value is -2.82. The Morgan fingerprint density at radius 1 is 1.03 bits per heavy atom. The average Bonchev–Trinajstić information content (AvgIpc) is 3.11. The molecular formula is C25H23ClN2O2. The van der Waals surface area contributed by atoms with E-state index in [1.165, 1.54) is 22.4 Å². The van der Waals surface area contributed by atoms with Crippen LogP contribution < -0.4 is 4.90 Å². The Bertz CT molecular complexity index is 1100. The SMILES string of the molecule is O=C(O)c1ccc2c(c1)C[C@@H]1CN(Cc3ccccc3-c3ccc(Cl)cc3)CCN21. The van der Waals surface area contributed by atoms with Gasteiger partial charge in [-0.1, -0.05) is 48.0 Å². The molecule has 30 heavy (non-hydrogen) atoms. The minimum Gasteiger partial charge on any atom is -0.478 e. The van der Waals surface area contributed by atoms with Crippen molar-refractivity contribution in [1.82, 2.24) is 4.90 Å². The van der Waals surface area contributed by atoms with Gasteiger partial charge >= 0.3 is 5.97 Å². The van der Waals surface area contributed by atoms with Crippen molar-refractivity contribution in [2.24, 2.45) is 0 Å². The number of benzene rings is 3. The molecule has 0 aromatic heterocycles. The monoisotopic (exact) mass is 418 g/mol. The van der Waals surface area contributed by atoms with Crippen molar-refractivity contribution >= 4 is 23.3 Å². The van der Waals surface area contributed by atoms with E-state index in [0.717, 1.165) is 43.2 Å². The summed E-state index contributed by atoms with van der Waals surface area (Å²) in [7, 11) is 0. The van der Waals surface area contributed by atoms with Crippen LogP contribution in [0.3, 0.4) is 0 Å². The van der Waals surface area contributed by atoms with Crippen molar-refractivity contribution in [1.29, 1.82) is 0 Å². The lowest BCUT2D eigenvalue weighted by Crippen LogP contribution is -2.51. The highest BCUT2D eigenvalue weighted by Crippen LogP contribution is 2.35. The van der Waals surface area contributed by atoms with Gasteiger partial charge in [0.05, 0.1) is 5.56 Å². The summed E-state index contributed by atoms with van der Waals surface area (Å²) < 4.78 is 0. The third kappa shape index (κ3) is 3.57. The van der Waals surface area contributed by atoms with Crippen LogP contribution in [0.2, 0.25) is 5.02 Å². The summed E-state index contributed by atoms with van der Waals surface area (Å²) in [6.07, 6.45) is 0.909. The van der Waals surface area contributed by atoms with Crippen LogP contribution in [0, 0.1) is 0 Å². The molecule has 0 spiro atoms. The molecule has 0 bridgehead atoms. The maximum absolute atomic E-state index is 11.3. The van der Waals surface area contributed by atoms with Crippen LogP contribution in [0.15, 0.2) is 66.7 Å². The lowest BCUT2D eigenvalue weighted by molar-refractivity contribution is 0.0697. The van der Waals surface area contributed by atoms with E-state index in [1.54, 1.807) is 6.07 Å². The number of hydrogen-bond acceptors (Lipinski definition) is 3. The van der Waals surface area contributed by atoms with Crippen LogP contribution in [-0.4, -0.2) is 41.7 Å². The highest BCUT2D eigenvalue weighted by molar-refractivity contribution is 6.30. The predicted molar refractivity (Wildman–Crippen MR) is 120 cm³/mol. The number of fused-ring (bicyclic) bond motifs is 3. The Morgan fingerprint density at radius 2 is 1.83 bits per heavy atom. The molecule has 0 unspecified atom stereocenters. The van der Waals surface area contributed by atoms with Crippen molar-refractivity contribution in [3.8, 4) is 11.1 Å². The third-order valence-electron chi connectivity index (χ3n) is 6.22. The first-order valence-electron chi connectivity index (χ1n) is 10.3. The van der Waals surface area contributed by atoms with Gasteiger partial charge in [-0.25, -0.2) is 4.79 Å². The normalized spacial score (nSPS) is 18.2. The van der Waals surface area contributed by atoms with E-state index in [4.69, 9.17) is 11.6 Å². The third-order valence-corrected chi connectivity index (χ3v) is 6.48. The molecule has 5 rings (SSSR count). The Balaban J connectivity index is 1.33. The second kappa shape index (κ2) is 7.78. The molecule has 2 aliphatic heterocycles. The molecule has 2 heterocycles. The first-order valence-corrected chi connectivity index (χ1v) is 10.7. The molecule has 1 N–H and O–H groups in total. The van der Waals surface area contributed by atoms with Crippen LogP contribution in [0.5, 0.6) is 0 Å². The van der Waals surface area contributed by atoms with E-state index < -0.39 is 5.97 Å². The smallest absolute Gasteiger partial charge is 0.335 e. The van der Waals surface area contributed by atoms with Gasteiger partial charge in [-0.3, -0.25) is 4.90 Å². The molecule has 0 radical (unpaired) electrons. The number of piperazine rings is 1. The number of halogens is 1. The fraction of sp³-hybridized carbons (Fsp3) is 0.240. The summed E-state index contributed by atoms with van der Waals surface area (Å²) in [5.41, 5.74) is 6.48. The quantitative estimate of drug-likeness (QED) is 0.650. The zero-order valence-electron chi connectivity index (χ0n) is 16.6. The molecular weight excluding hydrogens is 396 g/mol. The topological polar surface area (TPSA) is 43.8 Å². The molecule has 152 valence electrons. The van der Waals surface area contributed by atoms with Gasteiger partial charge < -0.3 is 10.0 Å². The minimum atomic E-state index is -0.858. The van der Waals surface area contributed by atoms with Gasteiger partial charge in [0.15, 0.2) is 0 Å². The highest BCUT2D eigenvalue weighted by atomic mass is 35.5. The Morgan fingerprint density at radius 3 is 2.63 bits per heavy atom. The molecule has 1 atom stereocenters. The highest BCUT2D eigenvalue weighted by Gasteiger charge is 2.34. The number of carbonyl (C=O) groups is 1.